The van der Waals surface area contributed by atoms with Crippen molar-refractivity contribution in [3.05, 3.63) is 11.7 Å². The summed E-state index contributed by atoms with van der Waals surface area (Å²) in [5, 5.41) is 7.20. The Morgan fingerprint density at radius 3 is 2.81 bits per heavy atom. The highest BCUT2D eigenvalue weighted by atomic mass is 16.5. The zero-order valence-corrected chi connectivity index (χ0v) is 13.5. The Morgan fingerprint density at radius 1 is 1.48 bits per heavy atom. The highest BCUT2D eigenvalue weighted by Crippen LogP contribution is 2.15. The number of aryl methyl sites for hydroxylation is 1. The van der Waals surface area contributed by atoms with Gasteiger partial charge in [-0.05, 0) is 19.5 Å². The van der Waals surface area contributed by atoms with Crippen molar-refractivity contribution in [2.75, 3.05) is 33.2 Å². The molecule has 1 aromatic heterocycles. The van der Waals surface area contributed by atoms with Gasteiger partial charge in [-0.2, -0.15) is 4.98 Å². The van der Waals surface area contributed by atoms with E-state index in [0.717, 1.165) is 32.1 Å². The summed E-state index contributed by atoms with van der Waals surface area (Å²) >= 11 is 0. The summed E-state index contributed by atoms with van der Waals surface area (Å²) in [6.45, 7) is 11.0. The second kappa shape index (κ2) is 7.40. The van der Waals surface area contributed by atoms with Crippen LogP contribution >= 0.6 is 0 Å². The Bertz CT molecular complexity index is 468. The van der Waals surface area contributed by atoms with Gasteiger partial charge in [-0.25, -0.2) is 0 Å². The lowest BCUT2D eigenvalue weighted by molar-refractivity contribution is 0.223. The first-order valence-electron chi connectivity index (χ1n) is 7.66. The number of aromatic nitrogens is 2. The fraction of sp³-hybridized carbons (Fsp3) is 0.786. The van der Waals surface area contributed by atoms with E-state index in [9.17, 15) is 0 Å². The quantitative estimate of drug-likeness (QED) is 0.642. The molecule has 0 radical (unpaired) electrons. The molecule has 1 aliphatic heterocycles. The molecule has 1 N–H and O–H groups in total. The third-order valence-electron chi connectivity index (χ3n) is 3.98. The average Bonchev–Trinajstić information content (AvgIpc) is 3.11. The summed E-state index contributed by atoms with van der Waals surface area (Å²) in [5.41, 5.74) is 0. The molecule has 0 saturated carbocycles. The maximum absolute atomic E-state index is 4.97. The molecule has 1 aromatic rings. The molecule has 2 rings (SSSR count). The summed E-state index contributed by atoms with van der Waals surface area (Å²) < 4.78 is 4.97. The van der Waals surface area contributed by atoms with Gasteiger partial charge in [0.05, 0.1) is 6.54 Å². The molecule has 0 aromatic carbocycles. The molecule has 7 heteroatoms. The minimum absolute atomic E-state index is 0.538. The monoisotopic (exact) mass is 294 g/mol. The minimum Gasteiger partial charge on any atom is -0.349 e. The van der Waals surface area contributed by atoms with Crippen LogP contribution in [0.25, 0.3) is 0 Å². The van der Waals surface area contributed by atoms with Gasteiger partial charge in [-0.15, -0.1) is 0 Å². The fourth-order valence-corrected chi connectivity index (χ4v) is 2.88. The molecule has 0 aliphatic carbocycles. The van der Waals surface area contributed by atoms with Crippen LogP contribution in [0.15, 0.2) is 9.52 Å². The Hall–Kier alpha value is -1.63. The molecule has 0 spiro atoms. The number of nitrogens with zero attached hydrogens (tertiary/aromatic N) is 5. The first-order chi connectivity index (χ1) is 10.2. The molecule has 1 saturated heterocycles. The zero-order valence-electron chi connectivity index (χ0n) is 13.5. The van der Waals surface area contributed by atoms with Gasteiger partial charge in [0, 0.05) is 33.1 Å². The van der Waals surface area contributed by atoms with Gasteiger partial charge in [-0.3, -0.25) is 9.89 Å². The van der Waals surface area contributed by atoms with Crippen molar-refractivity contribution < 1.29 is 4.52 Å². The van der Waals surface area contributed by atoms with Crippen LogP contribution in [0.2, 0.25) is 0 Å². The molecule has 1 unspecified atom stereocenters. The smallest absolute Gasteiger partial charge is 0.223 e. The lowest BCUT2D eigenvalue weighted by Gasteiger charge is -2.27. The van der Waals surface area contributed by atoms with E-state index in [1.165, 1.54) is 6.42 Å². The Labute approximate surface area is 126 Å². The molecular formula is C14H26N6O. The first-order valence-corrected chi connectivity index (χ1v) is 7.66. The number of aliphatic imine (C=N–C) groups is 1. The molecule has 118 valence electrons. The van der Waals surface area contributed by atoms with E-state index in [1.807, 2.05) is 7.05 Å². The van der Waals surface area contributed by atoms with Crippen molar-refractivity contribution in [1.29, 1.82) is 0 Å². The number of likely N-dealkylation sites (tertiary alicyclic amines) is 1. The summed E-state index contributed by atoms with van der Waals surface area (Å²) in [6, 6.07) is 0.617. The molecule has 0 bridgehead atoms. The predicted octanol–water partition coefficient (Wildman–Crippen LogP) is 0.870. The van der Waals surface area contributed by atoms with Crippen LogP contribution in [0.5, 0.6) is 0 Å². The number of rotatable bonds is 5. The standard InChI is InChI=1S/C14H26N6O/c1-5-19(6-2)12-7-8-20(10-12)14(15-4)16-9-13-17-11(3)21-18-13/h12H,5-10H2,1-4H3,(H,15,16). The van der Waals surface area contributed by atoms with Gasteiger partial charge in [-0.1, -0.05) is 19.0 Å². The molecule has 0 amide bonds. The van der Waals surface area contributed by atoms with Gasteiger partial charge >= 0.3 is 0 Å². The Kier molecular flexibility index (Phi) is 5.55. The number of hydrogen-bond acceptors (Lipinski definition) is 5. The molecule has 1 fully saturated rings. The van der Waals surface area contributed by atoms with Crippen LogP contribution in [0, 0.1) is 6.92 Å². The molecule has 7 nitrogen and oxygen atoms in total. The Morgan fingerprint density at radius 2 is 2.24 bits per heavy atom. The van der Waals surface area contributed by atoms with E-state index in [-0.39, 0.29) is 0 Å². The summed E-state index contributed by atoms with van der Waals surface area (Å²) in [5.74, 6) is 2.16. The van der Waals surface area contributed by atoms with E-state index in [2.05, 4.69) is 44.1 Å². The van der Waals surface area contributed by atoms with E-state index >= 15 is 0 Å². The van der Waals surface area contributed by atoms with Crippen molar-refractivity contribution in [3.63, 3.8) is 0 Å². The van der Waals surface area contributed by atoms with Crippen molar-refractivity contribution in [1.82, 2.24) is 25.3 Å². The highest BCUT2D eigenvalue weighted by molar-refractivity contribution is 5.80. The van der Waals surface area contributed by atoms with Crippen molar-refractivity contribution >= 4 is 5.96 Å². The van der Waals surface area contributed by atoms with Crippen LogP contribution in [0.4, 0.5) is 0 Å². The van der Waals surface area contributed by atoms with E-state index in [0.29, 0.717) is 24.3 Å². The van der Waals surface area contributed by atoms with Crippen LogP contribution in [0.1, 0.15) is 32.0 Å². The van der Waals surface area contributed by atoms with Gasteiger partial charge in [0.2, 0.25) is 5.89 Å². The van der Waals surface area contributed by atoms with E-state index < -0.39 is 0 Å². The van der Waals surface area contributed by atoms with Crippen LogP contribution < -0.4 is 5.32 Å². The topological polar surface area (TPSA) is 69.8 Å². The largest absolute Gasteiger partial charge is 0.349 e. The second-order valence-corrected chi connectivity index (χ2v) is 5.24. The van der Waals surface area contributed by atoms with E-state index in [4.69, 9.17) is 4.52 Å². The predicted molar refractivity (Wildman–Crippen MR) is 82.1 cm³/mol. The second-order valence-electron chi connectivity index (χ2n) is 5.24. The number of hydrogen-bond donors (Lipinski definition) is 1. The normalized spacial score (nSPS) is 19.6. The van der Waals surface area contributed by atoms with Crippen LogP contribution in [-0.2, 0) is 6.54 Å². The summed E-state index contributed by atoms with van der Waals surface area (Å²) in [7, 11) is 1.81. The number of nitrogens with one attached hydrogen (secondary N) is 1. The third kappa shape index (κ3) is 3.93. The van der Waals surface area contributed by atoms with Crippen molar-refractivity contribution in [2.24, 2.45) is 4.99 Å². The van der Waals surface area contributed by atoms with Crippen LogP contribution in [0.3, 0.4) is 0 Å². The first kappa shape index (κ1) is 15.8. The van der Waals surface area contributed by atoms with Crippen molar-refractivity contribution in [3.8, 4) is 0 Å². The maximum Gasteiger partial charge on any atom is 0.223 e. The van der Waals surface area contributed by atoms with Gasteiger partial charge in [0.25, 0.3) is 0 Å². The lowest BCUT2D eigenvalue weighted by atomic mass is 10.2. The maximum atomic E-state index is 4.97. The molecule has 21 heavy (non-hydrogen) atoms. The molecular weight excluding hydrogens is 268 g/mol. The fourth-order valence-electron chi connectivity index (χ4n) is 2.88. The summed E-state index contributed by atoms with van der Waals surface area (Å²) in [4.78, 5) is 13.4. The summed E-state index contributed by atoms with van der Waals surface area (Å²) in [6.07, 6.45) is 1.18. The highest BCUT2D eigenvalue weighted by Gasteiger charge is 2.28. The molecule has 2 heterocycles. The minimum atomic E-state index is 0.538. The zero-order chi connectivity index (χ0) is 15.2. The molecule has 1 aliphatic rings. The van der Waals surface area contributed by atoms with Gasteiger partial charge in [0.15, 0.2) is 11.8 Å². The average molecular weight is 294 g/mol. The lowest BCUT2D eigenvalue weighted by Crippen LogP contribution is -2.43. The van der Waals surface area contributed by atoms with Crippen LogP contribution in [-0.4, -0.2) is 65.2 Å². The number of guanidine groups is 1. The van der Waals surface area contributed by atoms with Gasteiger partial charge in [0.1, 0.15) is 0 Å². The van der Waals surface area contributed by atoms with Gasteiger partial charge < -0.3 is 14.7 Å². The Balaban J connectivity index is 1.87. The number of likely N-dealkylation sites (N-methyl/N-ethyl adjacent to an activating group) is 1. The van der Waals surface area contributed by atoms with Crippen molar-refractivity contribution in [2.45, 2.75) is 39.8 Å². The SMILES string of the molecule is CCN(CC)C1CCN(C(=NC)NCc2noc(C)n2)C1. The molecule has 1 atom stereocenters. The van der Waals surface area contributed by atoms with E-state index in [1.54, 1.807) is 6.92 Å². The third-order valence-corrected chi connectivity index (χ3v) is 3.98.